The highest BCUT2D eigenvalue weighted by atomic mass is 32.1. The standard InChI is InChI=1S/C16H23N3S/c1-11(2)9-17-10-15-12(3)18-16(19-13(15)4)8-14-6-5-7-20-14/h5-7,11,17H,8-10H2,1-4H3. The van der Waals surface area contributed by atoms with Crippen LogP contribution in [0.25, 0.3) is 0 Å². The molecule has 2 heterocycles. The topological polar surface area (TPSA) is 37.8 Å². The van der Waals surface area contributed by atoms with Crippen molar-refractivity contribution in [3.05, 3.63) is 45.2 Å². The molecule has 3 nitrogen and oxygen atoms in total. The number of thiophene rings is 1. The first-order chi connectivity index (χ1) is 9.56. The first-order valence-electron chi connectivity index (χ1n) is 7.12. The minimum Gasteiger partial charge on any atom is -0.312 e. The molecular formula is C16H23N3S. The van der Waals surface area contributed by atoms with E-state index in [1.54, 1.807) is 11.3 Å². The number of nitrogens with zero attached hydrogens (tertiary/aromatic N) is 2. The molecule has 2 rings (SSSR count). The molecule has 0 spiro atoms. The van der Waals surface area contributed by atoms with Gasteiger partial charge in [0.1, 0.15) is 5.82 Å². The molecule has 0 bridgehead atoms. The highest BCUT2D eigenvalue weighted by molar-refractivity contribution is 7.09. The summed E-state index contributed by atoms with van der Waals surface area (Å²) in [5.41, 5.74) is 3.43. The van der Waals surface area contributed by atoms with Crippen molar-refractivity contribution in [3.63, 3.8) is 0 Å². The molecule has 0 aliphatic rings. The third-order valence-corrected chi connectivity index (χ3v) is 4.11. The molecule has 108 valence electrons. The molecular weight excluding hydrogens is 266 g/mol. The summed E-state index contributed by atoms with van der Waals surface area (Å²) in [6.07, 6.45) is 0.832. The molecule has 0 radical (unpaired) electrons. The third-order valence-electron chi connectivity index (χ3n) is 3.23. The van der Waals surface area contributed by atoms with Crippen molar-refractivity contribution >= 4 is 11.3 Å². The second kappa shape index (κ2) is 6.95. The Balaban J connectivity index is 2.08. The van der Waals surface area contributed by atoms with Gasteiger partial charge >= 0.3 is 0 Å². The van der Waals surface area contributed by atoms with Crippen molar-refractivity contribution in [1.82, 2.24) is 15.3 Å². The molecule has 2 aromatic rings. The van der Waals surface area contributed by atoms with Crippen LogP contribution in [-0.4, -0.2) is 16.5 Å². The maximum atomic E-state index is 4.66. The highest BCUT2D eigenvalue weighted by Crippen LogP contribution is 2.15. The fourth-order valence-corrected chi connectivity index (χ4v) is 2.90. The van der Waals surface area contributed by atoms with Gasteiger partial charge in [-0.2, -0.15) is 0 Å². The van der Waals surface area contributed by atoms with E-state index in [0.29, 0.717) is 5.92 Å². The number of hydrogen-bond acceptors (Lipinski definition) is 4. The van der Waals surface area contributed by atoms with Crippen molar-refractivity contribution in [2.75, 3.05) is 6.54 Å². The molecule has 0 saturated carbocycles. The Labute approximate surface area is 125 Å². The Hall–Kier alpha value is -1.26. The Bertz CT molecular complexity index is 524. The van der Waals surface area contributed by atoms with E-state index in [1.807, 2.05) is 0 Å². The summed E-state index contributed by atoms with van der Waals surface area (Å²) in [6, 6.07) is 4.21. The van der Waals surface area contributed by atoms with Crippen LogP contribution in [0.2, 0.25) is 0 Å². The van der Waals surface area contributed by atoms with Gasteiger partial charge in [0.05, 0.1) is 0 Å². The summed E-state index contributed by atoms with van der Waals surface area (Å²) in [5.74, 6) is 1.59. The molecule has 0 aromatic carbocycles. The predicted molar refractivity (Wildman–Crippen MR) is 85.2 cm³/mol. The first-order valence-corrected chi connectivity index (χ1v) is 8.00. The van der Waals surface area contributed by atoms with Crippen molar-refractivity contribution < 1.29 is 0 Å². The van der Waals surface area contributed by atoms with Crippen LogP contribution in [0.5, 0.6) is 0 Å². The summed E-state index contributed by atoms with van der Waals surface area (Å²) in [5, 5.41) is 5.57. The number of nitrogens with one attached hydrogen (secondary N) is 1. The van der Waals surface area contributed by atoms with Gasteiger partial charge < -0.3 is 5.32 Å². The fourth-order valence-electron chi connectivity index (χ4n) is 2.20. The SMILES string of the molecule is Cc1nc(Cc2cccs2)nc(C)c1CNCC(C)C. The van der Waals surface area contributed by atoms with E-state index in [9.17, 15) is 0 Å². The first kappa shape index (κ1) is 15.1. The largest absolute Gasteiger partial charge is 0.312 e. The van der Waals surface area contributed by atoms with Gasteiger partial charge in [-0.3, -0.25) is 0 Å². The molecule has 0 aliphatic carbocycles. The maximum absolute atomic E-state index is 4.66. The van der Waals surface area contributed by atoms with Crippen LogP contribution in [-0.2, 0) is 13.0 Å². The Kier molecular flexibility index (Phi) is 5.26. The minimum atomic E-state index is 0.662. The van der Waals surface area contributed by atoms with Gasteiger partial charge in [0.25, 0.3) is 0 Å². The number of hydrogen-bond donors (Lipinski definition) is 1. The van der Waals surface area contributed by atoms with E-state index < -0.39 is 0 Å². The number of rotatable bonds is 6. The zero-order valence-electron chi connectivity index (χ0n) is 12.7. The lowest BCUT2D eigenvalue weighted by molar-refractivity contribution is 0.548. The van der Waals surface area contributed by atoms with Crippen LogP contribution in [0.15, 0.2) is 17.5 Å². The smallest absolute Gasteiger partial charge is 0.134 e. The van der Waals surface area contributed by atoms with Crippen LogP contribution >= 0.6 is 11.3 Å². The van der Waals surface area contributed by atoms with Gasteiger partial charge in [0, 0.05) is 34.8 Å². The van der Waals surface area contributed by atoms with Crippen LogP contribution in [0.1, 0.15) is 41.5 Å². The minimum absolute atomic E-state index is 0.662. The molecule has 2 aromatic heterocycles. The summed E-state index contributed by atoms with van der Waals surface area (Å²) in [6.45, 7) is 10.5. The van der Waals surface area contributed by atoms with Gasteiger partial charge in [-0.25, -0.2) is 9.97 Å². The van der Waals surface area contributed by atoms with E-state index in [0.717, 1.165) is 36.7 Å². The number of aryl methyl sites for hydroxylation is 2. The van der Waals surface area contributed by atoms with Gasteiger partial charge in [-0.1, -0.05) is 19.9 Å². The summed E-state index contributed by atoms with van der Waals surface area (Å²) < 4.78 is 0. The second-order valence-corrected chi connectivity index (χ2v) is 6.60. The average molecular weight is 289 g/mol. The molecule has 0 fully saturated rings. The Morgan fingerprint density at radius 3 is 2.45 bits per heavy atom. The Morgan fingerprint density at radius 2 is 1.90 bits per heavy atom. The molecule has 0 saturated heterocycles. The van der Waals surface area contributed by atoms with Crippen molar-refractivity contribution in [2.24, 2.45) is 5.92 Å². The molecule has 0 atom stereocenters. The second-order valence-electron chi connectivity index (χ2n) is 5.57. The molecule has 1 N–H and O–H groups in total. The molecule has 0 unspecified atom stereocenters. The number of aromatic nitrogens is 2. The van der Waals surface area contributed by atoms with Crippen LogP contribution < -0.4 is 5.32 Å². The summed E-state index contributed by atoms with van der Waals surface area (Å²) >= 11 is 1.76. The van der Waals surface area contributed by atoms with Crippen molar-refractivity contribution in [2.45, 2.75) is 40.7 Å². The van der Waals surface area contributed by atoms with Gasteiger partial charge in [-0.05, 0) is 37.8 Å². The van der Waals surface area contributed by atoms with Crippen LogP contribution in [0.3, 0.4) is 0 Å². The summed E-state index contributed by atoms with van der Waals surface area (Å²) in [7, 11) is 0. The van der Waals surface area contributed by atoms with Crippen LogP contribution in [0, 0.1) is 19.8 Å². The molecule has 0 amide bonds. The average Bonchev–Trinajstić information content (AvgIpc) is 2.85. The van der Waals surface area contributed by atoms with Crippen molar-refractivity contribution in [3.8, 4) is 0 Å². The zero-order valence-corrected chi connectivity index (χ0v) is 13.5. The quantitative estimate of drug-likeness (QED) is 0.884. The van der Waals surface area contributed by atoms with Gasteiger partial charge in [0.15, 0.2) is 0 Å². The van der Waals surface area contributed by atoms with E-state index in [2.05, 4.69) is 60.5 Å². The third kappa shape index (κ3) is 4.12. The monoisotopic (exact) mass is 289 g/mol. The predicted octanol–water partition coefficient (Wildman–Crippen LogP) is 3.49. The lowest BCUT2D eigenvalue weighted by Gasteiger charge is -2.12. The lowest BCUT2D eigenvalue weighted by atomic mass is 10.1. The normalized spacial score (nSPS) is 11.2. The molecule has 0 aliphatic heterocycles. The van der Waals surface area contributed by atoms with Crippen LogP contribution in [0.4, 0.5) is 0 Å². The van der Waals surface area contributed by atoms with E-state index in [1.165, 1.54) is 10.4 Å². The highest BCUT2D eigenvalue weighted by Gasteiger charge is 2.09. The van der Waals surface area contributed by atoms with E-state index in [4.69, 9.17) is 0 Å². The Morgan fingerprint density at radius 1 is 1.20 bits per heavy atom. The summed E-state index contributed by atoms with van der Waals surface area (Å²) in [4.78, 5) is 10.6. The molecule has 4 heteroatoms. The van der Waals surface area contributed by atoms with Gasteiger partial charge in [-0.15, -0.1) is 11.3 Å². The lowest BCUT2D eigenvalue weighted by Crippen LogP contribution is -2.21. The van der Waals surface area contributed by atoms with E-state index >= 15 is 0 Å². The van der Waals surface area contributed by atoms with E-state index in [-0.39, 0.29) is 0 Å². The van der Waals surface area contributed by atoms with Gasteiger partial charge in [0.2, 0.25) is 0 Å². The maximum Gasteiger partial charge on any atom is 0.134 e. The van der Waals surface area contributed by atoms with Crippen molar-refractivity contribution in [1.29, 1.82) is 0 Å². The molecule has 20 heavy (non-hydrogen) atoms. The zero-order chi connectivity index (χ0) is 14.5. The fraction of sp³-hybridized carbons (Fsp3) is 0.500.